The van der Waals surface area contributed by atoms with Gasteiger partial charge in [0.25, 0.3) is 0 Å². The molecule has 0 aromatic carbocycles. The average molecular weight is 187 g/mol. The zero-order chi connectivity index (χ0) is 9.03. The molecule has 0 aliphatic carbocycles. The summed E-state index contributed by atoms with van der Waals surface area (Å²) in [6.45, 7) is 2.11. The Kier molecular flexibility index (Phi) is 2.97. The van der Waals surface area contributed by atoms with Crippen molar-refractivity contribution in [2.45, 2.75) is 24.5 Å². The van der Waals surface area contributed by atoms with Gasteiger partial charge in [0.15, 0.2) is 0 Å². The number of hydrogen-bond donors (Lipinski definition) is 2. The summed E-state index contributed by atoms with van der Waals surface area (Å²) in [4.78, 5) is 10.3. The molecule has 12 heavy (non-hydrogen) atoms. The summed E-state index contributed by atoms with van der Waals surface area (Å²) in [5, 5.41) is 3.75. The van der Waals surface area contributed by atoms with Crippen LogP contribution in [0.15, 0.2) is 5.10 Å². The Morgan fingerprint density at radius 3 is 3.08 bits per heavy atom. The van der Waals surface area contributed by atoms with Crippen LogP contribution in [0.5, 0.6) is 0 Å². The lowest BCUT2D eigenvalue weighted by Gasteiger charge is -2.14. The SMILES string of the molecule is CC1(/C=N/NC(N)=O)CCCS1. The third-order valence-electron chi connectivity index (χ3n) is 1.76. The van der Waals surface area contributed by atoms with E-state index in [1.165, 1.54) is 12.2 Å². The standard InChI is InChI=1S/C7H13N3OS/c1-7(3-2-4-12-7)5-9-10-6(8)11/h5H,2-4H2,1H3,(H3,8,10,11)/b9-5+. The van der Waals surface area contributed by atoms with E-state index in [4.69, 9.17) is 5.73 Å². The van der Waals surface area contributed by atoms with Crippen LogP contribution in [0, 0.1) is 0 Å². The fourth-order valence-electron chi connectivity index (χ4n) is 1.13. The first kappa shape index (κ1) is 9.38. The maximum absolute atomic E-state index is 10.3. The summed E-state index contributed by atoms with van der Waals surface area (Å²) < 4.78 is 0.0858. The van der Waals surface area contributed by atoms with Gasteiger partial charge in [-0.1, -0.05) is 0 Å². The van der Waals surface area contributed by atoms with Crippen LogP contribution in [0.1, 0.15) is 19.8 Å². The number of carbonyl (C=O) groups is 1. The minimum atomic E-state index is -0.613. The molecule has 4 nitrogen and oxygen atoms in total. The predicted octanol–water partition coefficient (Wildman–Crippen LogP) is 0.926. The van der Waals surface area contributed by atoms with Crippen molar-refractivity contribution in [3.8, 4) is 0 Å². The molecule has 0 aromatic rings. The molecule has 0 radical (unpaired) electrons. The fourth-order valence-corrected chi connectivity index (χ4v) is 2.31. The Balaban J connectivity index is 2.38. The van der Waals surface area contributed by atoms with Crippen LogP contribution in [0.25, 0.3) is 0 Å². The number of nitrogens with two attached hydrogens (primary N) is 1. The smallest absolute Gasteiger partial charge is 0.332 e. The van der Waals surface area contributed by atoms with Gasteiger partial charge in [-0.3, -0.25) is 0 Å². The second kappa shape index (κ2) is 3.80. The van der Waals surface area contributed by atoms with E-state index in [0.717, 1.165) is 6.42 Å². The van der Waals surface area contributed by atoms with Crippen molar-refractivity contribution in [2.75, 3.05) is 5.75 Å². The summed E-state index contributed by atoms with van der Waals surface area (Å²) in [7, 11) is 0. The van der Waals surface area contributed by atoms with E-state index in [9.17, 15) is 4.79 Å². The summed E-state index contributed by atoms with van der Waals surface area (Å²) in [5.74, 6) is 1.17. The lowest BCUT2D eigenvalue weighted by atomic mass is 10.1. The van der Waals surface area contributed by atoms with Crippen LogP contribution in [0.3, 0.4) is 0 Å². The van der Waals surface area contributed by atoms with E-state index in [-0.39, 0.29) is 4.75 Å². The highest BCUT2D eigenvalue weighted by Crippen LogP contribution is 2.35. The second-order valence-electron chi connectivity index (χ2n) is 3.00. The van der Waals surface area contributed by atoms with Crippen LogP contribution in [0.2, 0.25) is 0 Å². The fraction of sp³-hybridized carbons (Fsp3) is 0.714. The Bertz CT molecular complexity index is 199. The first-order valence-corrected chi connectivity index (χ1v) is 4.85. The largest absolute Gasteiger partial charge is 0.350 e. The van der Waals surface area contributed by atoms with Crippen LogP contribution in [0.4, 0.5) is 4.79 Å². The third kappa shape index (κ3) is 2.73. The van der Waals surface area contributed by atoms with Crippen molar-refractivity contribution in [1.29, 1.82) is 0 Å². The number of rotatable bonds is 2. The number of nitrogens with one attached hydrogen (secondary N) is 1. The highest BCUT2D eigenvalue weighted by atomic mass is 32.2. The van der Waals surface area contributed by atoms with Gasteiger partial charge in [0, 0.05) is 6.21 Å². The van der Waals surface area contributed by atoms with Crippen molar-refractivity contribution < 1.29 is 4.79 Å². The molecule has 5 heteroatoms. The van der Waals surface area contributed by atoms with E-state index in [0.29, 0.717) is 0 Å². The molecule has 0 aromatic heterocycles. The second-order valence-corrected chi connectivity index (χ2v) is 4.63. The molecular formula is C7H13N3OS. The predicted molar refractivity (Wildman–Crippen MR) is 51.3 cm³/mol. The monoisotopic (exact) mass is 187 g/mol. The molecule has 1 unspecified atom stereocenters. The lowest BCUT2D eigenvalue weighted by Crippen LogP contribution is -2.27. The van der Waals surface area contributed by atoms with Crippen molar-refractivity contribution >= 4 is 24.0 Å². The van der Waals surface area contributed by atoms with Crippen LogP contribution < -0.4 is 11.2 Å². The first-order chi connectivity index (χ1) is 5.62. The number of carbonyl (C=O) groups excluding carboxylic acids is 1. The first-order valence-electron chi connectivity index (χ1n) is 3.86. The average Bonchev–Trinajstić information content (AvgIpc) is 2.35. The molecule has 68 valence electrons. The maximum Gasteiger partial charge on any atom is 0.332 e. The number of hydrazone groups is 1. The minimum Gasteiger partial charge on any atom is -0.350 e. The molecule has 1 aliphatic heterocycles. The van der Waals surface area contributed by atoms with Gasteiger partial charge in [0.1, 0.15) is 0 Å². The Labute approximate surface area is 76.0 Å². The van der Waals surface area contributed by atoms with Crippen molar-refractivity contribution in [3.63, 3.8) is 0 Å². The van der Waals surface area contributed by atoms with E-state index in [1.54, 1.807) is 6.21 Å². The molecule has 1 aliphatic rings. The van der Waals surface area contributed by atoms with Crippen LogP contribution in [-0.4, -0.2) is 22.7 Å². The summed E-state index contributed by atoms with van der Waals surface area (Å²) >= 11 is 1.85. The highest BCUT2D eigenvalue weighted by molar-refractivity contribution is 8.01. The van der Waals surface area contributed by atoms with Gasteiger partial charge in [-0.2, -0.15) is 5.10 Å². The van der Waals surface area contributed by atoms with Gasteiger partial charge in [-0.15, -0.1) is 11.8 Å². The maximum atomic E-state index is 10.3. The van der Waals surface area contributed by atoms with Gasteiger partial charge in [-0.25, -0.2) is 10.2 Å². The van der Waals surface area contributed by atoms with Crippen molar-refractivity contribution in [2.24, 2.45) is 10.8 Å². The number of primary amides is 1. The third-order valence-corrected chi connectivity index (χ3v) is 3.22. The van der Waals surface area contributed by atoms with E-state index in [2.05, 4.69) is 17.5 Å². The molecule has 3 N–H and O–H groups in total. The number of amides is 2. The molecule has 1 atom stereocenters. The molecule has 1 saturated heterocycles. The minimum absolute atomic E-state index is 0.0858. The summed E-state index contributed by atoms with van der Waals surface area (Å²) in [6, 6.07) is -0.613. The van der Waals surface area contributed by atoms with Gasteiger partial charge in [0.05, 0.1) is 4.75 Å². The van der Waals surface area contributed by atoms with E-state index in [1.807, 2.05) is 11.8 Å². The summed E-state index contributed by atoms with van der Waals surface area (Å²) in [5.41, 5.74) is 7.04. The number of nitrogens with zero attached hydrogens (tertiary/aromatic N) is 1. The normalized spacial score (nSPS) is 29.4. The number of thioether (sulfide) groups is 1. The Hall–Kier alpha value is -0.710. The number of hydrogen-bond acceptors (Lipinski definition) is 3. The van der Waals surface area contributed by atoms with E-state index < -0.39 is 6.03 Å². The molecule has 0 bridgehead atoms. The van der Waals surface area contributed by atoms with Gasteiger partial charge in [-0.05, 0) is 25.5 Å². The zero-order valence-electron chi connectivity index (χ0n) is 7.04. The molecular weight excluding hydrogens is 174 g/mol. The summed E-state index contributed by atoms with van der Waals surface area (Å²) in [6.07, 6.45) is 4.08. The van der Waals surface area contributed by atoms with E-state index >= 15 is 0 Å². The topological polar surface area (TPSA) is 67.5 Å². The zero-order valence-corrected chi connectivity index (χ0v) is 7.86. The Morgan fingerprint density at radius 1 is 1.83 bits per heavy atom. The Morgan fingerprint density at radius 2 is 2.58 bits per heavy atom. The highest BCUT2D eigenvalue weighted by Gasteiger charge is 2.27. The van der Waals surface area contributed by atoms with Crippen molar-refractivity contribution in [3.05, 3.63) is 0 Å². The molecule has 0 spiro atoms. The molecule has 2 amide bonds. The lowest BCUT2D eigenvalue weighted by molar-refractivity contribution is 0.249. The van der Waals surface area contributed by atoms with Gasteiger partial charge in [0.2, 0.25) is 0 Å². The van der Waals surface area contributed by atoms with Gasteiger partial charge >= 0.3 is 6.03 Å². The van der Waals surface area contributed by atoms with Gasteiger partial charge < -0.3 is 5.73 Å². The number of urea groups is 1. The molecule has 0 saturated carbocycles. The van der Waals surface area contributed by atoms with Crippen molar-refractivity contribution in [1.82, 2.24) is 5.43 Å². The quantitative estimate of drug-likeness (QED) is 0.498. The van der Waals surface area contributed by atoms with Crippen LogP contribution in [-0.2, 0) is 0 Å². The molecule has 1 fully saturated rings. The van der Waals surface area contributed by atoms with Crippen LogP contribution >= 0.6 is 11.8 Å². The molecule has 1 heterocycles. The molecule has 1 rings (SSSR count).